The van der Waals surface area contributed by atoms with Crippen molar-refractivity contribution in [1.82, 2.24) is 0 Å². The Bertz CT molecular complexity index is 1130. The van der Waals surface area contributed by atoms with Gasteiger partial charge >= 0.3 is 0 Å². The molecule has 1 N–H and O–H groups in total. The molecule has 28 heavy (non-hydrogen) atoms. The van der Waals surface area contributed by atoms with Crippen molar-refractivity contribution in [2.45, 2.75) is 20.8 Å². The average molecular weight is 364 g/mol. The molecule has 0 unspecified atom stereocenters. The normalized spacial score (nSPS) is 11.6. The molecular formula is C27H25N. The van der Waals surface area contributed by atoms with Gasteiger partial charge in [-0.2, -0.15) is 0 Å². The molecule has 0 radical (unpaired) electrons. The zero-order valence-corrected chi connectivity index (χ0v) is 16.7. The largest absolute Gasteiger partial charge is 0.355 e. The van der Waals surface area contributed by atoms with Gasteiger partial charge in [-0.1, -0.05) is 78.4 Å². The number of anilines is 1. The Morgan fingerprint density at radius 2 is 1.32 bits per heavy atom. The summed E-state index contributed by atoms with van der Waals surface area (Å²) in [5.74, 6) is 0. The van der Waals surface area contributed by atoms with Crippen LogP contribution in [-0.4, -0.2) is 0 Å². The predicted octanol–water partition coefficient (Wildman–Crippen LogP) is 7.38. The smallest absolute Gasteiger partial charge is 0.0469 e. The molecule has 0 fully saturated rings. The van der Waals surface area contributed by atoms with Gasteiger partial charge in [-0.05, 0) is 66.4 Å². The van der Waals surface area contributed by atoms with Gasteiger partial charge in [0.2, 0.25) is 0 Å². The molecule has 0 spiro atoms. The maximum atomic E-state index is 3.70. The first-order chi connectivity index (χ1) is 13.6. The third-order valence-electron chi connectivity index (χ3n) is 5.09. The summed E-state index contributed by atoms with van der Waals surface area (Å²) in [5, 5.41) is 6.19. The maximum absolute atomic E-state index is 3.70. The van der Waals surface area contributed by atoms with Crippen LogP contribution in [0, 0.1) is 20.8 Å². The first-order valence-electron chi connectivity index (χ1n) is 9.71. The fraction of sp³-hybridized carbons (Fsp3) is 0.111. The summed E-state index contributed by atoms with van der Waals surface area (Å²) in [4.78, 5) is 0. The molecule has 0 aromatic heterocycles. The van der Waals surface area contributed by atoms with Gasteiger partial charge < -0.3 is 5.32 Å². The number of fused-ring (bicyclic) bond motifs is 1. The van der Waals surface area contributed by atoms with Crippen molar-refractivity contribution >= 4 is 28.2 Å². The third-order valence-corrected chi connectivity index (χ3v) is 5.09. The molecule has 0 bridgehead atoms. The molecule has 0 heterocycles. The number of benzene rings is 4. The summed E-state index contributed by atoms with van der Waals surface area (Å²) < 4.78 is 0. The number of rotatable bonds is 4. The molecule has 0 aliphatic heterocycles. The second kappa shape index (κ2) is 7.74. The molecule has 4 rings (SSSR count). The van der Waals surface area contributed by atoms with E-state index in [0.717, 1.165) is 11.4 Å². The lowest BCUT2D eigenvalue weighted by atomic mass is 9.96. The van der Waals surface area contributed by atoms with Gasteiger partial charge in [-0.15, -0.1) is 0 Å². The van der Waals surface area contributed by atoms with Crippen molar-refractivity contribution in [3.8, 4) is 0 Å². The van der Waals surface area contributed by atoms with Crippen molar-refractivity contribution in [3.63, 3.8) is 0 Å². The van der Waals surface area contributed by atoms with Crippen LogP contribution >= 0.6 is 0 Å². The lowest BCUT2D eigenvalue weighted by Gasteiger charge is -2.18. The van der Waals surface area contributed by atoms with Crippen molar-refractivity contribution in [2.75, 3.05) is 5.32 Å². The monoisotopic (exact) mass is 363 g/mol. The van der Waals surface area contributed by atoms with Gasteiger partial charge in [-0.3, -0.25) is 0 Å². The SMILES string of the molecule is Cc1cc(C)c(C(=Cc2ccccc2)Nc2ccc3ccccc3c2)c(C)c1. The predicted molar refractivity (Wildman–Crippen MR) is 123 cm³/mol. The van der Waals surface area contributed by atoms with Gasteiger partial charge in [0, 0.05) is 16.9 Å². The molecule has 0 saturated heterocycles. The molecule has 1 nitrogen and oxygen atoms in total. The maximum Gasteiger partial charge on any atom is 0.0469 e. The highest BCUT2D eigenvalue weighted by molar-refractivity contribution is 5.93. The third kappa shape index (κ3) is 3.84. The molecule has 0 saturated carbocycles. The van der Waals surface area contributed by atoms with E-state index >= 15 is 0 Å². The Hall–Kier alpha value is -3.32. The Morgan fingerprint density at radius 3 is 2.04 bits per heavy atom. The van der Waals surface area contributed by atoms with Gasteiger partial charge in [-0.25, -0.2) is 0 Å². The average Bonchev–Trinajstić information content (AvgIpc) is 2.68. The molecule has 1 heteroatoms. The van der Waals surface area contributed by atoms with E-state index in [-0.39, 0.29) is 0 Å². The van der Waals surface area contributed by atoms with E-state index in [4.69, 9.17) is 0 Å². The summed E-state index contributed by atoms with van der Waals surface area (Å²) >= 11 is 0. The van der Waals surface area contributed by atoms with Crippen molar-refractivity contribution in [1.29, 1.82) is 0 Å². The summed E-state index contributed by atoms with van der Waals surface area (Å²) in [6.45, 7) is 6.54. The minimum absolute atomic E-state index is 1.10. The molecule has 4 aromatic carbocycles. The van der Waals surface area contributed by atoms with Crippen LogP contribution in [0.1, 0.15) is 27.8 Å². The zero-order valence-electron chi connectivity index (χ0n) is 16.7. The van der Waals surface area contributed by atoms with Crippen LogP contribution in [0.3, 0.4) is 0 Å². The quantitative estimate of drug-likeness (QED) is 0.373. The molecule has 0 aliphatic carbocycles. The summed E-state index contributed by atoms with van der Waals surface area (Å²) in [6.07, 6.45) is 2.24. The highest BCUT2D eigenvalue weighted by Gasteiger charge is 2.11. The number of hydrogen-bond donors (Lipinski definition) is 1. The Balaban J connectivity index is 1.82. The van der Waals surface area contributed by atoms with Crippen LogP contribution in [0.2, 0.25) is 0 Å². The van der Waals surface area contributed by atoms with E-state index in [0.29, 0.717) is 0 Å². The van der Waals surface area contributed by atoms with Gasteiger partial charge in [0.15, 0.2) is 0 Å². The van der Waals surface area contributed by atoms with Crippen LogP contribution in [0.15, 0.2) is 84.9 Å². The van der Waals surface area contributed by atoms with Gasteiger partial charge in [0.05, 0.1) is 0 Å². The van der Waals surface area contributed by atoms with Crippen LogP contribution in [0.5, 0.6) is 0 Å². The summed E-state index contributed by atoms with van der Waals surface area (Å²) in [7, 11) is 0. The zero-order chi connectivity index (χ0) is 19.5. The fourth-order valence-corrected chi connectivity index (χ4v) is 3.91. The lowest BCUT2D eigenvalue weighted by Crippen LogP contribution is -2.04. The second-order valence-corrected chi connectivity index (χ2v) is 7.43. The van der Waals surface area contributed by atoms with Crippen LogP contribution in [0.4, 0.5) is 5.69 Å². The topological polar surface area (TPSA) is 12.0 Å². The summed E-state index contributed by atoms with van der Waals surface area (Å²) in [5.41, 5.74) is 8.54. The molecular weight excluding hydrogens is 338 g/mol. The van der Waals surface area contributed by atoms with Crippen LogP contribution in [0.25, 0.3) is 22.5 Å². The van der Waals surface area contributed by atoms with E-state index < -0.39 is 0 Å². The molecule has 0 atom stereocenters. The minimum Gasteiger partial charge on any atom is -0.355 e. The fourth-order valence-electron chi connectivity index (χ4n) is 3.91. The van der Waals surface area contributed by atoms with Crippen molar-refractivity contribution in [2.24, 2.45) is 0 Å². The van der Waals surface area contributed by atoms with E-state index in [1.165, 1.54) is 38.6 Å². The van der Waals surface area contributed by atoms with E-state index in [2.05, 4.69) is 117 Å². The Morgan fingerprint density at radius 1 is 0.679 bits per heavy atom. The molecule has 138 valence electrons. The van der Waals surface area contributed by atoms with E-state index in [9.17, 15) is 0 Å². The Labute approximate surface area is 167 Å². The van der Waals surface area contributed by atoms with Crippen LogP contribution in [-0.2, 0) is 0 Å². The number of hydrogen-bond acceptors (Lipinski definition) is 1. The van der Waals surface area contributed by atoms with E-state index in [1.807, 2.05) is 0 Å². The number of nitrogens with one attached hydrogen (secondary N) is 1. The first-order valence-corrected chi connectivity index (χ1v) is 9.71. The van der Waals surface area contributed by atoms with Gasteiger partial charge in [0.25, 0.3) is 0 Å². The lowest BCUT2D eigenvalue weighted by molar-refractivity contribution is 1.28. The van der Waals surface area contributed by atoms with Crippen molar-refractivity contribution in [3.05, 3.63) is 113 Å². The van der Waals surface area contributed by atoms with E-state index in [1.54, 1.807) is 0 Å². The first kappa shape index (κ1) is 18.1. The standard InChI is InChI=1S/C27H25N/c1-19-15-20(2)27(21(3)16-19)26(17-22-9-5-4-6-10-22)28-25-14-13-23-11-7-8-12-24(23)18-25/h4-18,28H,1-3H3. The highest BCUT2D eigenvalue weighted by Crippen LogP contribution is 2.29. The summed E-state index contributed by atoms with van der Waals surface area (Å²) in [6, 6.07) is 30.0. The van der Waals surface area contributed by atoms with Crippen LogP contribution < -0.4 is 5.32 Å². The minimum atomic E-state index is 1.10. The van der Waals surface area contributed by atoms with Gasteiger partial charge in [0.1, 0.15) is 0 Å². The molecule has 0 aliphatic rings. The molecule has 4 aromatic rings. The van der Waals surface area contributed by atoms with Crippen molar-refractivity contribution < 1.29 is 0 Å². The Kier molecular flexibility index (Phi) is 4.99. The number of aryl methyl sites for hydroxylation is 3. The second-order valence-electron chi connectivity index (χ2n) is 7.43. The molecule has 0 amide bonds. The highest BCUT2D eigenvalue weighted by atomic mass is 14.9.